The average molecular weight is 156 g/mol. The molecule has 11 heavy (non-hydrogen) atoms. The lowest BCUT2D eigenvalue weighted by Gasteiger charge is -1.96. The van der Waals surface area contributed by atoms with E-state index in [2.05, 4.69) is 11.3 Å². The lowest BCUT2D eigenvalue weighted by molar-refractivity contribution is -0.147. The van der Waals surface area contributed by atoms with Crippen molar-refractivity contribution in [2.45, 2.75) is 6.92 Å². The van der Waals surface area contributed by atoms with E-state index >= 15 is 0 Å². The van der Waals surface area contributed by atoms with Gasteiger partial charge in [-0.15, -0.1) is 0 Å². The van der Waals surface area contributed by atoms with Crippen LogP contribution >= 0.6 is 0 Å². The van der Waals surface area contributed by atoms with E-state index in [0.29, 0.717) is 0 Å². The monoisotopic (exact) mass is 156 g/mol. The summed E-state index contributed by atoms with van der Waals surface area (Å²) in [7, 11) is 0. The number of carbonyl (C=O) groups excluding carboxylic acids is 3. The second-order valence-electron chi connectivity index (χ2n) is 1.77. The van der Waals surface area contributed by atoms with E-state index in [1.54, 1.807) is 0 Å². The van der Waals surface area contributed by atoms with Crippen LogP contribution in [0.1, 0.15) is 6.92 Å². The Morgan fingerprint density at radius 3 is 2.36 bits per heavy atom. The van der Waals surface area contributed by atoms with E-state index in [0.717, 1.165) is 13.0 Å². The molecule has 0 radical (unpaired) electrons. The van der Waals surface area contributed by atoms with Crippen LogP contribution in [0, 0.1) is 0 Å². The zero-order valence-corrected chi connectivity index (χ0v) is 6.12. The van der Waals surface area contributed by atoms with Crippen molar-refractivity contribution >= 4 is 17.5 Å². The number of carbonyl (C=O) groups is 3. The van der Waals surface area contributed by atoms with Gasteiger partial charge in [0.1, 0.15) is 0 Å². The van der Waals surface area contributed by atoms with Crippen LogP contribution in [0.4, 0.5) is 0 Å². The highest BCUT2D eigenvalue weighted by Crippen LogP contribution is 1.82. The second-order valence-corrected chi connectivity index (χ2v) is 1.77. The lowest BCUT2D eigenvalue weighted by Crippen LogP contribution is -2.18. The summed E-state index contributed by atoms with van der Waals surface area (Å²) < 4.78 is 4.27. The minimum absolute atomic E-state index is 0.500. The summed E-state index contributed by atoms with van der Waals surface area (Å²) in [6.07, 6.45) is 0.881. The van der Waals surface area contributed by atoms with Gasteiger partial charge >= 0.3 is 5.97 Å². The number of esters is 1. The number of hydrogen-bond donors (Lipinski definition) is 0. The fourth-order valence-corrected chi connectivity index (χ4v) is 0.352. The maximum atomic E-state index is 10.6. The van der Waals surface area contributed by atoms with Crippen molar-refractivity contribution in [2.75, 3.05) is 6.61 Å². The van der Waals surface area contributed by atoms with Gasteiger partial charge in [-0.2, -0.15) is 0 Å². The van der Waals surface area contributed by atoms with Crippen LogP contribution in [0.5, 0.6) is 0 Å². The fraction of sp³-hybridized carbons (Fsp3) is 0.286. The molecule has 0 amide bonds. The average Bonchev–Trinajstić information content (AvgIpc) is 1.98. The molecule has 0 saturated carbocycles. The first-order valence-electron chi connectivity index (χ1n) is 2.91. The van der Waals surface area contributed by atoms with Gasteiger partial charge in [-0.3, -0.25) is 14.4 Å². The van der Waals surface area contributed by atoms with Gasteiger partial charge in [0.25, 0.3) is 0 Å². The summed E-state index contributed by atoms with van der Waals surface area (Å²) in [4.78, 5) is 31.2. The Bertz CT molecular complexity index is 204. The maximum absolute atomic E-state index is 10.6. The standard InChI is InChI=1S/C7H8O4/c1-3-6(9)7(10)4-11-5(2)8/h3H,1,4H2,2H3. The minimum Gasteiger partial charge on any atom is -0.457 e. The first kappa shape index (κ1) is 9.55. The first-order chi connectivity index (χ1) is 5.07. The molecule has 0 aromatic carbocycles. The molecule has 0 aliphatic carbocycles. The van der Waals surface area contributed by atoms with E-state index in [9.17, 15) is 14.4 Å². The maximum Gasteiger partial charge on any atom is 0.303 e. The van der Waals surface area contributed by atoms with Crippen molar-refractivity contribution in [2.24, 2.45) is 0 Å². The Kier molecular flexibility index (Phi) is 3.80. The third-order valence-corrected chi connectivity index (χ3v) is 0.867. The predicted octanol–water partition coefficient (Wildman–Crippen LogP) is -0.126. The van der Waals surface area contributed by atoms with Gasteiger partial charge in [0.2, 0.25) is 11.6 Å². The predicted molar refractivity (Wildman–Crippen MR) is 36.8 cm³/mol. The van der Waals surface area contributed by atoms with Crippen molar-refractivity contribution in [3.63, 3.8) is 0 Å². The van der Waals surface area contributed by atoms with E-state index in [1.165, 1.54) is 0 Å². The highest BCUT2D eigenvalue weighted by molar-refractivity contribution is 6.42. The fourth-order valence-electron chi connectivity index (χ4n) is 0.352. The Hall–Kier alpha value is -1.45. The highest BCUT2D eigenvalue weighted by atomic mass is 16.5. The summed E-state index contributed by atoms with van der Waals surface area (Å²) in [5.74, 6) is -2.10. The third-order valence-electron chi connectivity index (χ3n) is 0.867. The van der Waals surface area contributed by atoms with Gasteiger partial charge in [-0.25, -0.2) is 0 Å². The quantitative estimate of drug-likeness (QED) is 0.323. The SMILES string of the molecule is C=CC(=O)C(=O)COC(C)=O. The zero-order chi connectivity index (χ0) is 8.85. The van der Waals surface area contributed by atoms with Crippen LogP contribution in [0.2, 0.25) is 0 Å². The van der Waals surface area contributed by atoms with E-state index < -0.39 is 24.1 Å². The first-order valence-corrected chi connectivity index (χ1v) is 2.91. The van der Waals surface area contributed by atoms with Gasteiger partial charge in [-0.05, 0) is 6.08 Å². The molecule has 4 heteroatoms. The Morgan fingerprint density at radius 2 is 2.00 bits per heavy atom. The molecule has 0 rings (SSSR count). The summed E-state index contributed by atoms with van der Waals surface area (Å²) in [5, 5.41) is 0. The molecule has 0 aliphatic heterocycles. The summed E-state index contributed by atoms with van der Waals surface area (Å²) >= 11 is 0. The van der Waals surface area contributed by atoms with Gasteiger partial charge in [0, 0.05) is 6.92 Å². The Balaban J connectivity index is 3.79. The molecule has 0 atom stereocenters. The number of rotatable bonds is 4. The number of ether oxygens (including phenoxy) is 1. The lowest BCUT2D eigenvalue weighted by atomic mass is 10.3. The molecule has 0 saturated heterocycles. The number of Topliss-reactive ketones (excluding diaryl/α,β-unsaturated/α-hetero) is 1. The van der Waals surface area contributed by atoms with Crippen LogP contribution in [-0.4, -0.2) is 24.1 Å². The van der Waals surface area contributed by atoms with Crippen molar-refractivity contribution in [1.29, 1.82) is 0 Å². The minimum atomic E-state index is -0.768. The molecule has 0 unspecified atom stereocenters. The van der Waals surface area contributed by atoms with Crippen molar-refractivity contribution in [3.05, 3.63) is 12.7 Å². The van der Waals surface area contributed by atoms with Crippen molar-refractivity contribution in [1.82, 2.24) is 0 Å². The molecular formula is C7H8O4. The topological polar surface area (TPSA) is 60.4 Å². The molecule has 0 heterocycles. The van der Waals surface area contributed by atoms with Crippen LogP contribution < -0.4 is 0 Å². The normalized spacial score (nSPS) is 8.45. The Labute approximate surface area is 63.8 Å². The van der Waals surface area contributed by atoms with Crippen LogP contribution in [0.25, 0.3) is 0 Å². The summed E-state index contributed by atoms with van der Waals surface area (Å²) in [6.45, 7) is 3.76. The van der Waals surface area contributed by atoms with Gasteiger partial charge in [-0.1, -0.05) is 6.58 Å². The molecule has 0 aliphatic rings. The molecule has 4 nitrogen and oxygen atoms in total. The number of allylic oxidation sites excluding steroid dienone is 1. The van der Waals surface area contributed by atoms with E-state index in [4.69, 9.17) is 0 Å². The van der Waals surface area contributed by atoms with E-state index in [1.807, 2.05) is 0 Å². The van der Waals surface area contributed by atoms with Crippen molar-refractivity contribution in [3.8, 4) is 0 Å². The van der Waals surface area contributed by atoms with Gasteiger partial charge < -0.3 is 4.74 Å². The third kappa shape index (κ3) is 4.02. The second kappa shape index (κ2) is 4.38. The summed E-state index contributed by atoms with van der Waals surface area (Å²) in [6, 6.07) is 0. The van der Waals surface area contributed by atoms with Crippen molar-refractivity contribution < 1.29 is 19.1 Å². The van der Waals surface area contributed by atoms with Gasteiger partial charge in [0.15, 0.2) is 6.61 Å². The molecule has 60 valence electrons. The van der Waals surface area contributed by atoms with Crippen LogP contribution in [0.3, 0.4) is 0 Å². The zero-order valence-electron chi connectivity index (χ0n) is 6.12. The molecule has 0 N–H and O–H groups in total. The Morgan fingerprint density at radius 1 is 1.45 bits per heavy atom. The van der Waals surface area contributed by atoms with Crippen LogP contribution in [0.15, 0.2) is 12.7 Å². The van der Waals surface area contributed by atoms with Gasteiger partial charge in [0.05, 0.1) is 0 Å². The largest absolute Gasteiger partial charge is 0.457 e. The molecule has 0 spiro atoms. The molecule has 0 aromatic heterocycles. The number of ketones is 2. The molecule has 0 aromatic rings. The van der Waals surface area contributed by atoms with E-state index in [-0.39, 0.29) is 0 Å². The number of hydrogen-bond acceptors (Lipinski definition) is 4. The summed E-state index contributed by atoms with van der Waals surface area (Å²) in [5.41, 5.74) is 0. The smallest absolute Gasteiger partial charge is 0.303 e. The highest BCUT2D eigenvalue weighted by Gasteiger charge is 2.10. The van der Waals surface area contributed by atoms with Crippen LogP contribution in [-0.2, 0) is 19.1 Å². The molecule has 0 bridgehead atoms. The molecule has 0 fully saturated rings. The molecular weight excluding hydrogens is 148 g/mol.